The summed E-state index contributed by atoms with van der Waals surface area (Å²) in [7, 11) is 2.03. The molecule has 0 radical (unpaired) electrons. The van der Waals surface area contributed by atoms with Gasteiger partial charge < -0.3 is 10.2 Å². The molecular weight excluding hydrogens is 372 g/mol. The van der Waals surface area contributed by atoms with Crippen LogP contribution in [-0.2, 0) is 6.54 Å². The van der Waals surface area contributed by atoms with Crippen LogP contribution < -0.4 is 15.8 Å². The van der Waals surface area contributed by atoms with Crippen LogP contribution in [0, 0.1) is 0 Å². The second-order valence-corrected chi connectivity index (χ2v) is 6.86. The quantitative estimate of drug-likeness (QED) is 0.535. The summed E-state index contributed by atoms with van der Waals surface area (Å²) >= 11 is 5.96. The highest BCUT2D eigenvalue weighted by Gasteiger charge is 2.09. The minimum Gasteiger partial charge on any atom is -0.378 e. The van der Waals surface area contributed by atoms with Crippen molar-refractivity contribution in [2.45, 2.75) is 6.54 Å². The van der Waals surface area contributed by atoms with Crippen LogP contribution in [0.1, 0.15) is 5.69 Å². The number of para-hydroxylation sites is 3. The summed E-state index contributed by atoms with van der Waals surface area (Å²) in [6.45, 7) is 0.439. The van der Waals surface area contributed by atoms with Gasteiger partial charge in [-0.2, -0.15) is 0 Å². The zero-order valence-corrected chi connectivity index (χ0v) is 16.1. The molecule has 2 aromatic heterocycles. The lowest BCUT2D eigenvalue weighted by Gasteiger charge is -2.23. The molecule has 6 heteroatoms. The molecule has 0 saturated heterocycles. The summed E-state index contributed by atoms with van der Waals surface area (Å²) in [5.41, 5.74) is 4.19. The summed E-state index contributed by atoms with van der Waals surface area (Å²) in [6, 6.07) is 23.2. The van der Waals surface area contributed by atoms with Crippen molar-refractivity contribution in [3.05, 3.63) is 100 Å². The first-order chi connectivity index (χ1) is 13.6. The van der Waals surface area contributed by atoms with Gasteiger partial charge in [0.15, 0.2) is 0 Å². The number of nitrogens with zero attached hydrogens (tertiary/aromatic N) is 3. The van der Waals surface area contributed by atoms with E-state index in [1.165, 1.54) is 10.5 Å². The van der Waals surface area contributed by atoms with Crippen molar-refractivity contribution in [1.82, 2.24) is 9.38 Å². The number of fused-ring (bicyclic) bond motifs is 1. The fraction of sp³-hybridized carbons (Fsp3) is 0.0909. The fourth-order valence-electron chi connectivity index (χ4n) is 3.11. The molecule has 0 fully saturated rings. The van der Waals surface area contributed by atoms with E-state index in [4.69, 9.17) is 11.6 Å². The number of anilines is 3. The van der Waals surface area contributed by atoms with E-state index >= 15 is 0 Å². The van der Waals surface area contributed by atoms with Crippen molar-refractivity contribution in [1.29, 1.82) is 0 Å². The van der Waals surface area contributed by atoms with Crippen LogP contribution >= 0.6 is 11.6 Å². The van der Waals surface area contributed by atoms with Crippen molar-refractivity contribution in [3.63, 3.8) is 0 Å². The Labute approximate surface area is 167 Å². The molecule has 0 spiro atoms. The van der Waals surface area contributed by atoms with E-state index in [-0.39, 0.29) is 5.56 Å². The molecule has 0 aliphatic rings. The van der Waals surface area contributed by atoms with Gasteiger partial charge in [-0.3, -0.25) is 9.20 Å². The van der Waals surface area contributed by atoms with Crippen molar-refractivity contribution in [3.8, 4) is 0 Å². The summed E-state index contributed by atoms with van der Waals surface area (Å²) in [5.74, 6) is 0. The maximum absolute atomic E-state index is 12.4. The molecule has 28 heavy (non-hydrogen) atoms. The van der Waals surface area contributed by atoms with Gasteiger partial charge >= 0.3 is 0 Å². The van der Waals surface area contributed by atoms with E-state index in [1.807, 2.05) is 43.4 Å². The third-order valence-corrected chi connectivity index (χ3v) is 4.77. The van der Waals surface area contributed by atoms with Gasteiger partial charge in [-0.1, -0.05) is 41.9 Å². The summed E-state index contributed by atoms with van der Waals surface area (Å²) < 4.78 is 1.45. The number of hydrogen-bond donors (Lipinski definition) is 1. The monoisotopic (exact) mass is 390 g/mol. The van der Waals surface area contributed by atoms with Crippen LogP contribution in [0.4, 0.5) is 17.1 Å². The SMILES string of the molecule is CN(c1ccccc1)c1ccccc1NCc1cc(=O)n2cc(Cl)ccc2n1. The van der Waals surface area contributed by atoms with Gasteiger partial charge in [0.2, 0.25) is 0 Å². The van der Waals surface area contributed by atoms with Crippen LogP contribution in [0.15, 0.2) is 83.8 Å². The standard InChI is InChI=1S/C22H19ClN4O/c1-26(18-7-3-2-4-8-18)20-10-6-5-9-19(20)24-14-17-13-22(28)27-15-16(23)11-12-21(27)25-17/h2-13,15,24H,14H2,1H3. The topological polar surface area (TPSA) is 49.6 Å². The maximum atomic E-state index is 12.4. The van der Waals surface area contributed by atoms with Gasteiger partial charge in [-0.15, -0.1) is 0 Å². The van der Waals surface area contributed by atoms with Crippen molar-refractivity contribution in [2.75, 3.05) is 17.3 Å². The highest BCUT2D eigenvalue weighted by Crippen LogP contribution is 2.30. The molecule has 0 aliphatic heterocycles. The van der Waals surface area contributed by atoms with Crippen LogP contribution in [0.25, 0.3) is 5.65 Å². The lowest BCUT2D eigenvalue weighted by molar-refractivity contribution is 0.970. The third-order valence-electron chi connectivity index (χ3n) is 4.55. The van der Waals surface area contributed by atoms with E-state index < -0.39 is 0 Å². The smallest absolute Gasteiger partial charge is 0.258 e. The Bertz CT molecular complexity index is 1170. The zero-order valence-electron chi connectivity index (χ0n) is 15.3. The van der Waals surface area contributed by atoms with E-state index in [9.17, 15) is 4.79 Å². The average Bonchev–Trinajstić information content (AvgIpc) is 2.73. The lowest BCUT2D eigenvalue weighted by atomic mass is 10.2. The Morgan fingerprint density at radius 1 is 1.04 bits per heavy atom. The number of benzene rings is 2. The van der Waals surface area contributed by atoms with E-state index in [0.29, 0.717) is 22.9 Å². The Morgan fingerprint density at radius 2 is 1.79 bits per heavy atom. The van der Waals surface area contributed by atoms with E-state index in [2.05, 4.69) is 33.4 Å². The van der Waals surface area contributed by atoms with Gasteiger partial charge in [-0.25, -0.2) is 4.98 Å². The molecule has 5 nitrogen and oxygen atoms in total. The summed E-state index contributed by atoms with van der Waals surface area (Å²) in [6.07, 6.45) is 1.58. The number of aromatic nitrogens is 2. The molecule has 0 saturated carbocycles. The molecule has 0 unspecified atom stereocenters. The number of pyridine rings is 1. The van der Waals surface area contributed by atoms with Crippen LogP contribution in [-0.4, -0.2) is 16.4 Å². The number of nitrogens with one attached hydrogen (secondary N) is 1. The van der Waals surface area contributed by atoms with E-state index in [0.717, 1.165) is 17.1 Å². The fourth-order valence-corrected chi connectivity index (χ4v) is 3.27. The molecule has 0 atom stereocenters. The Balaban J connectivity index is 1.60. The van der Waals surface area contributed by atoms with Gasteiger partial charge in [0.05, 0.1) is 28.6 Å². The van der Waals surface area contributed by atoms with Crippen LogP contribution in [0.2, 0.25) is 5.02 Å². The molecule has 4 aromatic rings. The van der Waals surface area contributed by atoms with Gasteiger partial charge in [0.25, 0.3) is 5.56 Å². The first-order valence-corrected chi connectivity index (χ1v) is 9.29. The Hall–Kier alpha value is -3.31. The molecular formula is C22H19ClN4O. The molecule has 0 aliphatic carbocycles. The lowest BCUT2D eigenvalue weighted by Crippen LogP contribution is -2.17. The van der Waals surface area contributed by atoms with Gasteiger partial charge in [0.1, 0.15) is 5.65 Å². The van der Waals surface area contributed by atoms with Crippen molar-refractivity contribution < 1.29 is 0 Å². The van der Waals surface area contributed by atoms with Gasteiger partial charge in [0, 0.05) is 25.0 Å². The molecule has 1 N–H and O–H groups in total. The van der Waals surface area contributed by atoms with Crippen LogP contribution in [0.3, 0.4) is 0 Å². The highest BCUT2D eigenvalue weighted by atomic mass is 35.5. The number of hydrogen-bond acceptors (Lipinski definition) is 4. The summed E-state index contributed by atoms with van der Waals surface area (Å²) in [4.78, 5) is 19.0. The third kappa shape index (κ3) is 3.70. The first kappa shape index (κ1) is 18.1. The normalized spacial score (nSPS) is 10.8. The molecule has 2 aromatic carbocycles. The summed E-state index contributed by atoms with van der Waals surface area (Å²) in [5, 5.41) is 3.91. The minimum absolute atomic E-state index is 0.154. The minimum atomic E-state index is -0.154. The highest BCUT2D eigenvalue weighted by molar-refractivity contribution is 6.30. The second kappa shape index (κ2) is 7.74. The second-order valence-electron chi connectivity index (χ2n) is 6.43. The predicted octanol–water partition coefficient (Wildman–Crippen LogP) is 4.73. The average molecular weight is 391 g/mol. The van der Waals surface area contributed by atoms with Crippen molar-refractivity contribution in [2.24, 2.45) is 0 Å². The first-order valence-electron chi connectivity index (χ1n) is 8.91. The largest absolute Gasteiger partial charge is 0.378 e. The number of rotatable bonds is 5. The molecule has 2 heterocycles. The van der Waals surface area contributed by atoms with Crippen molar-refractivity contribution >= 4 is 34.3 Å². The molecule has 0 amide bonds. The van der Waals surface area contributed by atoms with E-state index in [1.54, 1.807) is 18.3 Å². The number of halogens is 1. The molecule has 0 bridgehead atoms. The molecule has 140 valence electrons. The van der Waals surface area contributed by atoms with Crippen LogP contribution in [0.5, 0.6) is 0 Å². The Morgan fingerprint density at radius 3 is 2.61 bits per heavy atom. The zero-order chi connectivity index (χ0) is 19.5. The predicted molar refractivity (Wildman–Crippen MR) is 115 cm³/mol. The molecule has 4 rings (SSSR count). The maximum Gasteiger partial charge on any atom is 0.258 e. The Kier molecular flexibility index (Phi) is 5.00. The van der Waals surface area contributed by atoms with Gasteiger partial charge in [-0.05, 0) is 36.4 Å².